The molecular weight excluding hydrogens is 448 g/mol. The lowest BCUT2D eigenvalue weighted by Crippen LogP contribution is -2.14. The zero-order chi connectivity index (χ0) is 23.7. The number of benzene rings is 4. The van der Waals surface area contributed by atoms with Crippen LogP contribution in [0.2, 0.25) is 0 Å². The summed E-state index contributed by atoms with van der Waals surface area (Å²) in [4.78, 5) is 0. The minimum atomic E-state index is 0.410. The lowest BCUT2D eigenvalue weighted by molar-refractivity contribution is -0.0134. The molecule has 7 heteroatoms. The van der Waals surface area contributed by atoms with Crippen LogP contribution in [-0.4, -0.2) is 79.3 Å². The van der Waals surface area contributed by atoms with Crippen LogP contribution in [0.4, 0.5) is 0 Å². The molecule has 0 N–H and O–H groups in total. The zero-order valence-electron chi connectivity index (χ0n) is 20.0. The van der Waals surface area contributed by atoms with Crippen LogP contribution < -0.4 is 9.47 Å². The standard InChI is InChI=1S/C28H32O7/c1-3-21-7-8-22-4-2-6-24-26(22)25(21)23(5-1)27-28(24)35-20-18-33-16-14-31-12-10-29-9-11-30-13-15-32-17-19-34-27/h1-8H,9-20H2. The fourth-order valence-electron chi connectivity index (χ4n) is 4.45. The second-order valence-corrected chi connectivity index (χ2v) is 8.29. The van der Waals surface area contributed by atoms with Gasteiger partial charge in [-0.15, -0.1) is 0 Å². The molecule has 0 atom stereocenters. The molecule has 0 aliphatic carbocycles. The molecular formula is C28H32O7. The van der Waals surface area contributed by atoms with Gasteiger partial charge in [0.05, 0.1) is 66.1 Å². The molecule has 5 rings (SSSR count). The van der Waals surface area contributed by atoms with Gasteiger partial charge in [-0.1, -0.05) is 48.5 Å². The van der Waals surface area contributed by atoms with Crippen molar-refractivity contribution in [1.29, 1.82) is 0 Å². The maximum Gasteiger partial charge on any atom is 0.169 e. The molecule has 1 aliphatic rings. The van der Waals surface area contributed by atoms with E-state index in [9.17, 15) is 0 Å². The van der Waals surface area contributed by atoms with E-state index in [1.54, 1.807) is 0 Å². The Bertz CT molecular complexity index is 1120. The van der Waals surface area contributed by atoms with Gasteiger partial charge >= 0.3 is 0 Å². The molecule has 0 amide bonds. The Labute approximate surface area is 205 Å². The van der Waals surface area contributed by atoms with E-state index >= 15 is 0 Å². The van der Waals surface area contributed by atoms with Gasteiger partial charge in [0.15, 0.2) is 11.5 Å². The first-order valence-corrected chi connectivity index (χ1v) is 12.3. The van der Waals surface area contributed by atoms with Crippen LogP contribution in [0.5, 0.6) is 11.5 Å². The van der Waals surface area contributed by atoms with Gasteiger partial charge in [-0.3, -0.25) is 0 Å². The summed E-state index contributed by atoms with van der Waals surface area (Å²) in [5.41, 5.74) is 0. The van der Waals surface area contributed by atoms with E-state index < -0.39 is 0 Å². The lowest BCUT2D eigenvalue weighted by Gasteiger charge is -2.20. The first-order valence-electron chi connectivity index (χ1n) is 12.3. The third kappa shape index (κ3) is 5.77. The average molecular weight is 481 g/mol. The molecule has 0 saturated heterocycles. The third-order valence-corrected chi connectivity index (χ3v) is 6.02. The molecule has 0 bridgehead atoms. The molecule has 1 aliphatic heterocycles. The van der Waals surface area contributed by atoms with E-state index in [1.165, 1.54) is 21.5 Å². The summed E-state index contributed by atoms with van der Waals surface area (Å²) in [6.07, 6.45) is 0. The quantitative estimate of drug-likeness (QED) is 0.345. The summed E-state index contributed by atoms with van der Waals surface area (Å²) in [5.74, 6) is 1.49. The zero-order valence-corrected chi connectivity index (χ0v) is 20.0. The van der Waals surface area contributed by atoms with Gasteiger partial charge in [-0.2, -0.15) is 0 Å². The highest BCUT2D eigenvalue weighted by Crippen LogP contribution is 2.47. The fraction of sp³-hybridized carbons (Fsp3) is 0.429. The van der Waals surface area contributed by atoms with Crippen LogP contribution in [0.25, 0.3) is 32.3 Å². The van der Waals surface area contributed by atoms with Crippen molar-refractivity contribution in [3.8, 4) is 11.5 Å². The highest BCUT2D eigenvalue weighted by atomic mass is 16.6. The third-order valence-electron chi connectivity index (χ3n) is 6.02. The summed E-state index contributed by atoms with van der Waals surface area (Å²) < 4.78 is 40.7. The first-order chi connectivity index (χ1) is 17.4. The smallest absolute Gasteiger partial charge is 0.169 e. The van der Waals surface area contributed by atoms with Gasteiger partial charge in [0.1, 0.15) is 13.2 Å². The predicted molar refractivity (Wildman–Crippen MR) is 135 cm³/mol. The minimum Gasteiger partial charge on any atom is -0.487 e. The summed E-state index contributed by atoms with van der Waals surface area (Å²) in [5, 5.41) is 6.83. The first kappa shape index (κ1) is 24.0. The van der Waals surface area contributed by atoms with E-state index in [4.69, 9.17) is 33.2 Å². The van der Waals surface area contributed by atoms with E-state index in [-0.39, 0.29) is 0 Å². The van der Waals surface area contributed by atoms with Crippen molar-refractivity contribution in [1.82, 2.24) is 0 Å². The Morgan fingerprint density at radius 2 is 0.714 bits per heavy atom. The molecule has 0 fully saturated rings. The van der Waals surface area contributed by atoms with Crippen molar-refractivity contribution in [2.45, 2.75) is 0 Å². The maximum absolute atomic E-state index is 6.33. The van der Waals surface area contributed by atoms with E-state index in [1.807, 2.05) is 0 Å². The Balaban J connectivity index is 1.41. The topological polar surface area (TPSA) is 64.6 Å². The lowest BCUT2D eigenvalue weighted by atomic mass is 9.93. The molecule has 0 spiro atoms. The van der Waals surface area contributed by atoms with Crippen LogP contribution in [-0.2, 0) is 23.7 Å². The molecule has 4 aromatic rings. The molecule has 0 unspecified atom stereocenters. The fourth-order valence-corrected chi connectivity index (χ4v) is 4.45. The van der Waals surface area contributed by atoms with Crippen molar-refractivity contribution >= 4 is 32.3 Å². The van der Waals surface area contributed by atoms with Crippen LogP contribution in [0.15, 0.2) is 48.5 Å². The second kappa shape index (κ2) is 12.3. The van der Waals surface area contributed by atoms with Gasteiger partial charge in [-0.05, 0) is 10.8 Å². The molecule has 0 radical (unpaired) electrons. The van der Waals surface area contributed by atoms with Crippen LogP contribution in [0, 0.1) is 0 Å². The summed E-state index contributed by atoms with van der Waals surface area (Å²) in [6, 6.07) is 16.9. The monoisotopic (exact) mass is 480 g/mol. The van der Waals surface area contributed by atoms with E-state index in [0.29, 0.717) is 79.3 Å². The average Bonchev–Trinajstić information content (AvgIpc) is 2.89. The maximum atomic E-state index is 6.33. The van der Waals surface area contributed by atoms with Gasteiger partial charge in [0, 0.05) is 21.5 Å². The molecule has 35 heavy (non-hydrogen) atoms. The Kier molecular flexibility index (Phi) is 8.47. The van der Waals surface area contributed by atoms with E-state index in [2.05, 4.69) is 48.5 Å². The summed E-state index contributed by atoms with van der Waals surface area (Å²) in [7, 11) is 0. The van der Waals surface area contributed by atoms with Crippen molar-refractivity contribution in [3.63, 3.8) is 0 Å². The Hall–Kier alpha value is -2.68. The Morgan fingerprint density at radius 1 is 0.371 bits per heavy atom. The van der Waals surface area contributed by atoms with Crippen molar-refractivity contribution < 1.29 is 33.2 Å². The van der Waals surface area contributed by atoms with Crippen LogP contribution in [0.1, 0.15) is 0 Å². The number of rotatable bonds is 0. The normalized spacial score (nSPS) is 18.5. The second-order valence-electron chi connectivity index (χ2n) is 8.29. The molecule has 1 heterocycles. The van der Waals surface area contributed by atoms with Crippen LogP contribution >= 0.6 is 0 Å². The minimum absolute atomic E-state index is 0.410. The van der Waals surface area contributed by atoms with Crippen molar-refractivity contribution in [2.24, 2.45) is 0 Å². The molecule has 7 nitrogen and oxygen atoms in total. The van der Waals surface area contributed by atoms with Gasteiger partial charge in [-0.25, -0.2) is 0 Å². The Morgan fingerprint density at radius 3 is 1.09 bits per heavy atom. The van der Waals surface area contributed by atoms with Crippen molar-refractivity contribution in [3.05, 3.63) is 48.5 Å². The summed E-state index contributed by atoms with van der Waals surface area (Å²) >= 11 is 0. The molecule has 0 saturated carbocycles. The van der Waals surface area contributed by atoms with Crippen LogP contribution in [0.3, 0.4) is 0 Å². The summed E-state index contributed by atoms with van der Waals surface area (Å²) in [6.45, 7) is 5.92. The predicted octanol–water partition coefficient (Wildman–Crippen LogP) is 4.44. The molecule has 0 aromatic heterocycles. The molecule has 4 aromatic carbocycles. The number of hydrogen-bond donors (Lipinski definition) is 0. The number of hydrogen-bond acceptors (Lipinski definition) is 7. The number of ether oxygens (including phenoxy) is 7. The molecule has 186 valence electrons. The van der Waals surface area contributed by atoms with Gasteiger partial charge < -0.3 is 33.2 Å². The highest BCUT2D eigenvalue weighted by molar-refractivity contribution is 6.26. The van der Waals surface area contributed by atoms with Gasteiger partial charge in [0.2, 0.25) is 0 Å². The van der Waals surface area contributed by atoms with Gasteiger partial charge in [0.25, 0.3) is 0 Å². The van der Waals surface area contributed by atoms with E-state index in [0.717, 1.165) is 22.3 Å². The largest absolute Gasteiger partial charge is 0.487 e. The SMILES string of the molecule is c1cc2ccc3cccc4c5c(c(c1)c2c34)OCCOCCOCCOCCOCCOCCO5. The van der Waals surface area contributed by atoms with Crippen molar-refractivity contribution in [2.75, 3.05) is 79.3 Å². The number of fused-ring (bicyclic) bond motifs is 3. The highest BCUT2D eigenvalue weighted by Gasteiger charge is 2.20.